The molecule has 190 valence electrons. The molecule has 0 spiro atoms. The smallest absolute Gasteiger partial charge is 0.294 e. The number of carbonyl (C=O) groups is 2. The van der Waals surface area contributed by atoms with Crippen LogP contribution in [0.15, 0.2) is 94.7 Å². The molecule has 1 aliphatic rings. The van der Waals surface area contributed by atoms with Crippen molar-refractivity contribution in [3.8, 4) is 11.5 Å². The van der Waals surface area contributed by atoms with Gasteiger partial charge in [0.2, 0.25) is 5.78 Å². The summed E-state index contributed by atoms with van der Waals surface area (Å²) in [4.78, 5) is 32.2. The van der Waals surface area contributed by atoms with Gasteiger partial charge < -0.3 is 24.0 Å². The van der Waals surface area contributed by atoms with E-state index in [4.69, 9.17) is 13.9 Å². The predicted octanol–water partition coefficient (Wildman–Crippen LogP) is 6.10. The van der Waals surface area contributed by atoms with Crippen molar-refractivity contribution in [3.63, 3.8) is 0 Å². The van der Waals surface area contributed by atoms with Crippen LogP contribution >= 0.6 is 0 Å². The number of amides is 1. The number of nitrogens with zero attached hydrogens (tertiary/aromatic N) is 1. The number of hydrogen-bond acceptors (Lipinski definition) is 6. The Balaban J connectivity index is 1.51. The monoisotopic (exact) mass is 508 g/mol. The number of furan rings is 1. The topological polar surface area (TPSA) is 105 Å². The van der Waals surface area contributed by atoms with Gasteiger partial charge in [-0.3, -0.25) is 14.5 Å². The molecular formula is C30H24N2O6. The van der Waals surface area contributed by atoms with Gasteiger partial charge in [0.15, 0.2) is 22.9 Å². The summed E-state index contributed by atoms with van der Waals surface area (Å²) in [7, 11) is 1.52. The van der Waals surface area contributed by atoms with Crippen molar-refractivity contribution in [2.75, 3.05) is 18.6 Å². The maximum atomic E-state index is 14.0. The van der Waals surface area contributed by atoms with E-state index in [1.165, 1.54) is 12.0 Å². The number of H-pyrrole nitrogens is 1. The van der Waals surface area contributed by atoms with Crippen molar-refractivity contribution in [2.24, 2.45) is 0 Å². The van der Waals surface area contributed by atoms with E-state index in [-0.39, 0.29) is 11.3 Å². The highest BCUT2D eigenvalue weighted by atomic mass is 16.5. The van der Waals surface area contributed by atoms with Gasteiger partial charge in [0.25, 0.3) is 5.91 Å². The van der Waals surface area contributed by atoms with Crippen molar-refractivity contribution in [1.29, 1.82) is 0 Å². The molecule has 6 rings (SSSR count). The van der Waals surface area contributed by atoms with Gasteiger partial charge in [0.05, 0.1) is 25.3 Å². The Morgan fingerprint density at radius 3 is 2.63 bits per heavy atom. The zero-order chi connectivity index (χ0) is 26.4. The van der Waals surface area contributed by atoms with Crippen molar-refractivity contribution in [1.82, 2.24) is 4.98 Å². The molecule has 1 amide bonds. The van der Waals surface area contributed by atoms with Crippen molar-refractivity contribution >= 4 is 39.2 Å². The molecule has 0 fully saturated rings. The molecule has 1 unspecified atom stereocenters. The maximum Gasteiger partial charge on any atom is 0.294 e. The Hall–Kier alpha value is -4.98. The third-order valence-corrected chi connectivity index (χ3v) is 6.75. The molecule has 0 radical (unpaired) electrons. The Kier molecular flexibility index (Phi) is 5.64. The summed E-state index contributed by atoms with van der Waals surface area (Å²) < 4.78 is 16.8. The van der Waals surface area contributed by atoms with Crippen LogP contribution in [0.5, 0.6) is 11.5 Å². The van der Waals surface area contributed by atoms with Crippen LogP contribution in [0.2, 0.25) is 0 Å². The molecule has 3 heterocycles. The predicted molar refractivity (Wildman–Crippen MR) is 143 cm³/mol. The number of hydrogen-bond donors (Lipinski definition) is 2. The largest absolute Gasteiger partial charge is 0.503 e. The SMILES string of the molecule is CCOc1ccc(N2C(=O)C(O)=C(C(=O)c3cc4cccc(OC)c4o3)C2c2c[nH]c3ccccc23)cc1. The van der Waals surface area contributed by atoms with Crippen LogP contribution in [-0.4, -0.2) is 35.5 Å². The molecule has 2 aromatic heterocycles. The Bertz CT molecular complexity index is 1730. The number of ketones is 1. The molecule has 38 heavy (non-hydrogen) atoms. The normalized spacial score (nSPS) is 15.6. The van der Waals surface area contributed by atoms with E-state index in [2.05, 4.69) is 4.98 Å². The van der Waals surface area contributed by atoms with Gasteiger partial charge in [-0.05, 0) is 49.4 Å². The molecule has 0 aliphatic carbocycles. The molecular weight excluding hydrogens is 484 g/mol. The summed E-state index contributed by atoms with van der Waals surface area (Å²) in [6.45, 7) is 2.39. The third kappa shape index (κ3) is 3.61. The highest BCUT2D eigenvalue weighted by Crippen LogP contribution is 2.45. The number of rotatable bonds is 7. The van der Waals surface area contributed by atoms with Gasteiger partial charge in [-0.1, -0.05) is 30.3 Å². The second kappa shape index (κ2) is 9.15. The minimum absolute atomic E-state index is 0.00256. The van der Waals surface area contributed by atoms with Crippen LogP contribution in [-0.2, 0) is 4.79 Å². The van der Waals surface area contributed by atoms with Gasteiger partial charge in [0.1, 0.15) is 5.75 Å². The van der Waals surface area contributed by atoms with E-state index < -0.39 is 23.5 Å². The van der Waals surface area contributed by atoms with E-state index in [1.54, 1.807) is 54.7 Å². The van der Waals surface area contributed by atoms with Crippen molar-refractivity contribution in [2.45, 2.75) is 13.0 Å². The lowest BCUT2D eigenvalue weighted by Gasteiger charge is -2.26. The number of fused-ring (bicyclic) bond motifs is 2. The maximum absolute atomic E-state index is 14.0. The van der Waals surface area contributed by atoms with Crippen LogP contribution in [0, 0.1) is 0 Å². The molecule has 5 aromatic rings. The molecule has 1 atom stereocenters. The average molecular weight is 509 g/mol. The molecule has 0 saturated heterocycles. The third-order valence-electron chi connectivity index (χ3n) is 6.75. The van der Waals surface area contributed by atoms with Crippen LogP contribution in [0.1, 0.15) is 29.1 Å². The lowest BCUT2D eigenvalue weighted by Crippen LogP contribution is -2.30. The first-order valence-electron chi connectivity index (χ1n) is 12.2. The highest BCUT2D eigenvalue weighted by Gasteiger charge is 2.46. The van der Waals surface area contributed by atoms with E-state index >= 15 is 0 Å². The fourth-order valence-electron chi connectivity index (χ4n) is 5.03. The van der Waals surface area contributed by atoms with Gasteiger partial charge >= 0.3 is 0 Å². The Labute approximate surface area is 217 Å². The number of aliphatic hydroxyl groups is 1. The number of benzene rings is 3. The lowest BCUT2D eigenvalue weighted by molar-refractivity contribution is -0.117. The number of aromatic nitrogens is 1. The molecule has 8 heteroatoms. The van der Waals surface area contributed by atoms with E-state index in [0.29, 0.717) is 40.3 Å². The minimum atomic E-state index is -0.904. The lowest BCUT2D eigenvalue weighted by atomic mass is 9.94. The number of para-hydroxylation sites is 2. The number of Topliss-reactive ketones (excluding diaryl/α,β-unsaturated/α-hetero) is 1. The average Bonchev–Trinajstić information content (AvgIpc) is 3.63. The van der Waals surface area contributed by atoms with E-state index in [0.717, 1.165) is 10.9 Å². The molecule has 8 nitrogen and oxygen atoms in total. The number of aliphatic hydroxyl groups excluding tert-OH is 1. The van der Waals surface area contributed by atoms with Crippen LogP contribution in [0.4, 0.5) is 5.69 Å². The second-order valence-electron chi connectivity index (χ2n) is 8.87. The zero-order valence-electron chi connectivity index (χ0n) is 20.7. The number of ether oxygens (including phenoxy) is 2. The van der Waals surface area contributed by atoms with Crippen LogP contribution in [0.3, 0.4) is 0 Å². The van der Waals surface area contributed by atoms with Crippen LogP contribution in [0.25, 0.3) is 21.9 Å². The molecule has 0 bridgehead atoms. The minimum Gasteiger partial charge on any atom is -0.503 e. The Morgan fingerprint density at radius 2 is 1.87 bits per heavy atom. The van der Waals surface area contributed by atoms with Crippen molar-refractivity contribution in [3.05, 3.63) is 102 Å². The molecule has 1 aliphatic heterocycles. The standard InChI is InChI=1S/C30H24N2O6/c1-3-37-19-13-11-18(12-14-19)32-26(21-16-31-22-9-5-4-8-20(21)22)25(28(34)30(32)35)27(33)24-15-17-7-6-10-23(36-2)29(17)38-24/h4-16,26,31,34H,3H2,1-2H3. The quantitative estimate of drug-likeness (QED) is 0.257. The van der Waals surface area contributed by atoms with Gasteiger partial charge in [-0.2, -0.15) is 0 Å². The van der Waals surface area contributed by atoms with Crippen LogP contribution < -0.4 is 14.4 Å². The summed E-state index contributed by atoms with van der Waals surface area (Å²) in [6.07, 6.45) is 1.76. The molecule has 3 aromatic carbocycles. The number of methoxy groups -OCH3 is 1. The summed E-state index contributed by atoms with van der Waals surface area (Å²) in [5.41, 5.74) is 2.37. The molecule has 2 N–H and O–H groups in total. The summed E-state index contributed by atoms with van der Waals surface area (Å²) in [5, 5.41) is 12.6. The van der Waals surface area contributed by atoms with E-state index in [1.807, 2.05) is 31.2 Å². The van der Waals surface area contributed by atoms with Gasteiger partial charge in [0, 0.05) is 33.7 Å². The zero-order valence-corrected chi connectivity index (χ0v) is 20.7. The summed E-state index contributed by atoms with van der Waals surface area (Å²) in [5.74, 6) is -0.759. The fourth-order valence-corrected chi connectivity index (χ4v) is 5.03. The number of anilines is 1. The highest BCUT2D eigenvalue weighted by molar-refractivity contribution is 6.21. The fraction of sp³-hybridized carbons (Fsp3) is 0.133. The molecule has 0 saturated carbocycles. The second-order valence-corrected chi connectivity index (χ2v) is 8.87. The number of carbonyl (C=O) groups excluding carboxylic acids is 2. The van der Waals surface area contributed by atoms with Gasteiger partial charge in [-0.15, -0.1) is 0 Å². The summed E-state index contributed by atoms with van der Waals surface area (Å²) >= 11 is 0. The van der Waals surface area contributed by atoms with Crippen molar-refractivity contribution < 1.29 is 28.6 Å². The number of nitrogens with one attached hydrogen (secondary N) is 1. The first-order chi connectivity index (χ1) is 18.5. The van der Waals surface area contributed by atoms with Gasteiger partial charge in [-0.25, -0.2) is 0 Å². The Morgan fingerprint density at radius 1 is 1.08 bits per heavy atom. The summed E-state index contributed by atoms with van der Waals surface area (Å²) in [6, 6.07) is 20.6. The first kappa shape index (κ1) is 23.4. The first-order valence-corrected chi connectivity index (χ1v) is 12.2. The van der Waals surface area contributed by atoms with E-state index in [9.17, 15) is 14.7 Å². The number of aromatic amines is 1.